The molecule has 9 aromatic carbocycles. The van der Waals surface area contributed by atoms with Crippen LogP contribution in [0.1, 0.15) is 111 Å². The summed E-state index contributed by atoms with van der Waals surface area (Å²) < 4.78 is 52.3. The average Bonchev–Trinajstić information content (AvgIpc) is 1.58. The van der Waals surface area contributed by atoms with Crippen LogP contribution < -0.4 is 40.2 Å². The minimum atomic E-state index is -2.98. The van der Waals surface area contributed by atoms with Crippen LogP contribution in [-0.4, -0.2) is 13.1 Å². The molecule has 13 rings (SSSR count). The van der Waals surface area contributed by atoms with Crippen LogP contribution in [0.5, 0.6) is 11.5 Å². The molecule has 1 atom stereocenters. The second-order valence-corrected chi connectivity index (χ2v) is 28.9. The summed E-state index contributed by atoms with van der Waals surface area (Å²) in [6.45, 7) is 26.4. The smallest absolute Gasteiger partial charge is 0.135 e. The van der Waals surface area contributed by atoms with Crippen molar-refractivity contribution in [2.75, 3.05) is 14.7 Å². The molecule has 82 heavy (non-hydrogen) atoms. The van der Waals surface area contributed by atoms with Gasteiger partial charge in [-0.3, -0.25) is 0 Å². The summed E-state index contributed by atoms with van der Waals surface area (Å²) in [5.41, 5.74) is 14.0. The van der Waals surface area contributed by atoms with Crippen LogP contribution in [0.25, 0.3) is 33.4 Å². The van der Waals surface area contributed by atoms with Gasteiger partial charge in [0.25, 0.3) is 0 Å². The minimum Gasteiger partial charge on any atom is -0.509 e. The molecule has 0 aliphatic carbocycles. The molecule has 0 amide bonds. The first-order chi connectivity index (χ1) is 40.9. The summed E-state index contributed by atoms with van der Waals surface area (Å²) in [5, 5.41) is 5.20. The van der Waals surface area contributed by atoms with E-state index in [1.165, 1.54) is 37.4 Å². The van der Waals surface area contributed by atoms with Gasteiger partial charge in [-0.15, -0.1) is 53.4 Å². The van der Waals surface area contributed by atoms with E-state index < -0.39 is 26.2 Å². The molecular weight excluding hydrogens is 1200 g/mol. The first-order valence-electron chi connectivity index (χ1n) is 30.7. The summed E-state index contributed by atoms with van der Waals surface area (Å²) in [6.07, 6.45) is 1.93. The molecule has 5 nitrogen and oxygen atoms in total. The van der Waals surface area contributed by atoms with E-state index in [0.717, 1.165) is 62.1 Å². The van der Waals surface area contributed by atoms with E-state index in [9.17, 15) is 2.74 Å². The third-order valence-electron chi connectivity index (χ3n) is 16.5. The number of ether oxygens (including phenoxy) is 1. The monoisotopic (exact) mass is 1270 g/mol. The van der Waals surface area contributed by atoms with Crippen LogP contribution in [0, 0.1) is 18.8 Å². The molecule has 412 valence electrons. The number of anilines is 7. The van der Waals surface area contributed by atoms with Crippen molar-refractivity contribution in [3.05, 3.63) is 247 Å². The van der Waals surface area contributed by atoms with Gasteiger partial charge >= 0.3 is 0 Å². The number of hydrogen-bond donors (Lipinski definition) is 0. The van der Waals surface area contributed by atoms with Gasteiger partial charge in [0, 0.05) is 72.6 Å². The zero-order chi connectivity index (χ0) is 60.5. The van der Waals surface area contributed by atoms with Gasteiger partial charge in [0.05, 0.1) is 6.85 Å². The van der Waals surface area contributed by atoms with E-state index in [2.05, 4.69) is 249 Å². The Kier molecular flexibility index (Phi) is 12.3. The molecule has 0 saturated carbocycles. The van der Waals surface area contributed by atoms with Crippen LogP contribution in [0.3, 0.4) is 0 Å². The molecule has 1 aromatic heterocycles. The fourth-order valence-electron chi connectivity index (χ4n) is 12.3. The Balaban J connectivity index is 0.00000739. The van der Waals surface area contributed by atoms with Crippen LogP contribution in [-0.2, 0) is 37.3 Å². The van der Waals surface area contributed by atoms with Gasteiger partial charge in [-0.1, -0.05) is 233 Å². The van der Waals surface area contributed by atoms with Crippen molar-refractivity contribution in [2.24, 2.45) is 0 Å². The molecule has 4 heterocycles. The van der Waals surface area contributed by atoms with E-state index in [4.69, 9.17) is 13.8 Å². The normalized spacial score (nSPS) is 16.0. The van der Waals surface area contributed by atoms with E-state index in [1.807, 2.05) is 37.1 Å². The number of aromatic nitrogens is 1. The van der Waals surface area contributed by atoms with Crippen molar-refractivity contribution in [1.29, 1.82) is 0 Å². The molecule has 0 radical (unpaired) electrons. The summed E-state index contributed by atoms with van der Waals surface area (Å²) in [5.74, 6) is 1.95. The van der Waals surface area contributed by atoms with Crippen molar-refractivity contribution in [1.82, 2.24) is 4.98 Å². The summed E-state index contributed by atoms with van der Waals surface area (Å²) in [4.78, 5) is 11.7. The molecule has 0 bridgehead atoms. The minimum absolute atomic E-state index is 0. The molecule has 0 N–H and O–H groups in total. The van der Waals surface area contributed by atoms with Crippen molar-refractivity contribution >= 4 is 68.8 Å². The fraction of sp³-hybridized carbons (Fsp3) is 0.200. The van der Waals surface area contributed by atoms with Gasteiger partial charge in [0.2, 0.25) is 0 Å². The van der Waals surface area contributed by atoms with Crippen LogP contribution in [0.4, 0.5) is 39.9 Å². The number of benzene rings is 9. The molecule has 0 saturated heterocycles. The quantitative estimate of drug-likeness (QED) is 0.106. The number of hydrogen-bond acceptors (Lipinski definition) is 5. The maximum absolute atomic E-state index is 9.38. The van der Waals surface area contributed by atoms with Crippen LogP contribution >= 0.6 is 0 Å². The molecule has 1 unspecified atom stereocenters. The molecule has 10 aromatic rings. The van der Waals surface area contributed by atoms with E-state index in [1.54, 1.807) is 0 Å². The van der Waals surface area contributed by atoms with Gasteiger partial charge in [0.15, 0.2) is 0 Å². The fourth-order valence-corrected chi connectivity index (χ4v) is 17.7. The SMILES string of the molecule is [2H]c1c([2H])c([2H])c(-c2cccc(-c3cc(C(C)(C)C)cc(C(C)(C)C)c3)c2N2[CH-]N(c3[c-]c(Oc4[c-]c5c(cc4)[Si]4(c6ccccc6)c6ccccc6-c6cccc(c64)N5c4cc(C(C)(C)C)ccn4)cc(C(C)C)c3)c3ccccc32)c([2H])c1[2H].[Pt]. The number of nitrogens with zero attached hydrogens (tertiary/aromatic N) is 4. The molecule has 3 aliphatic rings. The van der Waals surface area contributed by atoms with Gasteiger partial charge in [-0.25, -0.2) is 4.98 Å². The number of pyridine rings is 1. The first kappa shape index (κ1) is 48.9. The second kappa shape index (κ2) is 20.6. The largest absolute Gasteiger partial charge is 0.509 e. The predicted octanol–water partition coefficient (Wildman–Crippen LogP) is 17.4. The number of fused-ring (bicyclic) bond motifs is 6. The molecule has 3 aliphatic heterocycles. The Morgan fingerprint density at radius 3 is 1.84 bits per heavy atom. The summed E-state index contributed by atoms with van der Waals surface area (Å²) in [7, 11) is -2.98. The molecule has 7 heteroatoms. The zero-order valence-corrected chi connectivity index (χ0v) is 51.7. The van der Waals surface area contributed by atoms with E-state index in [0.29, 0.717) is 22.7 Å². The van der Waals surface area contributed by atoms with Gasteiger partial charge in [-0.2, -0.15) is 6.07 Å². The maximum Gasteiger partial charge on any atom is 0.135 e. The van der Waals surface area contributed by atoms with Gasteiger partial charge < -0.3 is 19.4 Å². The van der Waals surface area contributed by atoms with E-state index in [-0.39, 0.29) is 60.9 Å². The standard InChI is InChI=1S/C75H69N4OSi.Pt/c1-49(2)51-42-56(77-48-78(65-33-20-19-32-64(65)77)71-60(50-24-14-12-15-25-50)29-22-30-61(71)52-40-54(74(6,7)8)44-55(41-52)75(9,10)11)46-58(43-51)80-57-36-37-69-67(47-57)79(70-45-53(38-39-76-70)73(3,4)5)66-34-23-31-63-62-28-18-21-35-68(62)81(69,72(63)66)59-26-16-13-17-27-59;/h12-45,48-49H,1-11H3;/q-3;/i12D,14D,15D,24D,25D;. The summed E-state index contributed by atoms with van der Waals surface area (Å²) in [6, 6.07) is 66.4. The predicted molar refractivity (Wildman–Crippen MR) is 342 cm³/mol. The third kappa shape index (κ3) is 9.23. The van der Waals surface area contributed by atoms with Crippen molar-refractivity contribution < 1.29 is 32.7 Å². The molecule has 0 fully saturated rings. The number of rotatable bonds is 9. The molecule has 0 spiro atoms. The van der Waals surface area contributed by atoms with E-state index >= 15 is 0 Å². The Morgan fingerprint density at radius 1 is 0.537 bits per heavy atom. The molecular formula is C75H69N4OPtSi-3. The third-order valence-corrected chi connectivity index (χ3v) is 21.4. The summed E-state index contributed by atoms with van der Waals surface area (Å²) >= 11 is 0. The Bertz CT molecular complexity index is 4340. The Hall–Kier alpha value is -7.76. The Labute approximate surface area is 508 Å². The second-order valence-electron chi connectivity index (χ2n) is 25.2. The zero-order valence-electron chi connectivity index (χ0n) is 53.4. The van der Waals surface area contributed by atoms with Crippen molar-refractivity contribution in [2.45, 2.75) is 98.3 Å². The first-order valence-corrected chi connectivity index (χ1v) is 30.2. The van der Waals surface area contributed by atoms with Gasteiger partial charge in [0.1, 0.15) is 13.9 Å². The van der Waals surface area contributed by atoms with Crippen LogP contribution in [0.15, 0.2) is 206 Å². The Morgan fingerprint density at radius 2 is 1.15 bits per heavy atom. The average molecular weight is 1270 g/mol. The van der Waals surface area contributed by atoms with Gasteiger partial charge in [-0.05, 0) is 102 Å². The van der Waals surface area contributed by atoms with Crippen molar-refractivity contribution in [3.63, 3.8) is 0 Å². The number of para-hydroxylation sites is 3. The van der Waals surface area contributed by atoms with Crippen molar-refractivity contribution in [3.8, 4) is 44.9 Å². The topological polar surface area (TPSA) is 31.8 Å². The maximum atomic E-state index is 9.38. The van der Waals surface area contributed by atoms with Crippen LogP contribution in [0.2, 0.25) is 0 Å².